The Hall–Kier alpha value is -0.610. The van der Waals surface area contributed by atoms with E-state index in [4.69, 9.17) is 15.2 Å². The van der Waals surface area contributed by atoms with Crippen LogP contribution in [0, 0.1) is 11.8 Å². The summed E-state index contributed by atoms with van der Waals surface area (Å²) in [5.41, 5.74) is 5.41. The molecule has 17 heavy (non-hydrogen) atoms. The molecule has 0 aromatic carbocycles. The predicted octanol–water partition coefficient (Wildman–Crippen LogP) is 1.47. The number of nitrogens with two attached hydrogens (primary N) is 1. The van der Waals surface area contributed by atoms with Crippen LogP contribution in [0.25, 0.3) is 0 Å². The molecule has 1 heterocycles. The van der Waals surface area contributed by atoms with E-state index in [2.05, 4.69) is 6.92 Å². The molecule has 0 aromatic heterocycles. The van der Waals surface area contributed by atoms with Gasteiger partial charge in [0.25, 0.3) is 0 Å². The maximum Gasteiger partial charge on any atom is 0.326 e. The summed E-state index contributed by atoms with van der Waals surface area (Å²) in [4.78, 5) is 12.0. The minimum atomic E-state index is -0.730. The molecule has 4 nitrogen and oxygen atoms in total. The van der Waals surface area contributed by atoms with E-state index in [1.54, 1.807) is 0 Å². The normalized spacial score (nSPS) is 38.0. The molecule has 1 aliphatic carbocycles. The fraction of sp³-hybridized carbons (Fsp3) is 0.923. The van der Waals surface area contributed by atoms with Crippen LogP contribution in [0.5, 0.6) is 0 Å². The molecule has 4 heteroatoms. The van der Waals surface area contributed by atoms with E-state index < -0.39 is 5.54 Å². The molecule has 2 N–H and O–H groups in total. The van der Waals surface area contributed by atoms with E-state index in [0.717, 1.165) is 38.7 Å². The fourth-order valence-corrected chi connectivity index (χ4v) is 2.53. The molecular weight excluding hydrogens is 218 g/mol. The molecule has 0 spiro atoms. The van der Waals surface area contributed by atoms with Gasteiger partial charge in [-0.25, -0.2) is 0 Å². The van der Waals surface area contributed by atoms with Crippen molar-refractivity contribution in [3.63, 3.8) is 0 Å². The van der Waals surface area contributed by atoms with Crippen LogP contribution in [0.15, 0.2) is 0 Å². The van der Waals surface area contributed by atoms with Gasteiger partial charge < -0.3 is 15.2 Å². The van der Waals surface area contributed by atoms with Crippen molar-refractivity contribution in [3.8, 4) is 0 Å². The number of hydrogen-bond acceptors (Lipinski definition) is 4. The van der Waals surface area contributed by atoms with E-state index in [9.17, 15) is 4.79 Å². The second-order valence-corrected chi connectivity index (χ2v) is 5.67. The molecule has 2 rings (SSSR count). The van der Waals surface area contributed by atoms with Crippen LogP contribution in [0.2, 0.25) is 0 Å². The van der Waals surface area contributed by atoms with Gasteiger partial charge in [-0.15, -0.1) is 0 Å². The molecule has 0 bridgehead atoms. The summed E-state index contributed by atoms with van der Waals surface area (Å²) in [7, 11) is 0. The molecule has 1 atom stereocenters. The summed E-state index contributed by atoms with van der Waals surface area (Å²) in [6, 6.07) is 0. The van der Waals surface area contributed by atoms with Crippen molar-refractivity contribution in [2.45, 2.75) is 44.6 Å². The van der Waals surface area contributed by atoms with Crippen LogP contribution >= 0.6 is 0 Å². The largest absolute Gasteiger partial charge is 0.464 e. The van der Waals surface area contributed by atoms with Gasteiger partial charge in [0.15, 0.2) is 0 Å². The van der Waals surface area contributed by atoms with Crippen molar-refractivity contribution in [1.82, 2.24) is 0 Å². The van der Waals surface area contributed by atoms with Gasteiger partial charge in [0.2, 0.25) is 0 Å². The van der Waals surface area contributed by atoms with Crippen molar-refractivity contribution in [2.75, 3.05) is 19.8 Å². The Kier molecular flexibility index (Phi) is 4.05. The smallest absolute Gasteiger partial charge is 0.326 e. The Morgan fingerprint density at radius 3 is 2.71 bits per heavy atom. The molecule has 1 saturated heterocycles. The third-order valence-corrected chi connectivity index (χ3v) is 4.05. The minimum absolute atomic E-state index is 0.212. The molecular formula is C13H23NO3. The zero-order valence-corrected chi connectivity index (χ0v) is 10.6. The molecule has 1 saturated carbocycles. The molecule has 0 amide bonds. The lowest BCUT2D eigenvalue weighted by molar-refractivity contribution is -0.153. The Bertz CT molecular complexity index is 266. The first-order valence-electron chi connectivity index (χ1n) is 6.64. The third-order valence-electron chi connectivity index (χ3n) is 4.05. The number of ether oxygens (including phenoxy) is 2. The lowest BCUT2D eigenvalue weighted by Crippen LogP contribution is -2.51. The maximum absolute atomic E-state index is 12.0. The quantitative estimate of drug-likeness (QED) is 0.760. The Morgan fingerprint density at radius 2 is 2.12 bits per heavy atom. The number of esters is 1. The lowest BCUT2D eigenvalue weighted by atomic mass is 9.78. The first kappa shape index (κ1) is 12.8. The van der Waals surface area contributed by atoms with Crippen molar-refractivity contribution in [2.24, 2.45) is 17.6 Å². The zero-order chi connectivity index (χ0) is 12.3. The van der Waals surface area contributed by atoms with Crippen LogP contribution in [-0.4, -0.2) is 31.3 Å². The van der Waals surface area contributed by atoms with E-state index >= 15 is 0 Å². The maximum atomic E-state index is 12.0. The molecule has 2 fully saturated rings. The highest BCUT2D eigenvalue weighted by molar-refractivity contribution is 5.80. The van der Waals surface area contributed by atoms with Crippen molar-refractivity contribution in [1.29, 1.82) is 0 Å². The molecule has 1 unspecified atom stereocenters. The average Bonchev–Trinajstić information content (AvgIpc) is 2.83. The van der Waals surface area contributed by atoms with Crippen LogP contribution < -0.4 is 5.73 Å². The fourth-order valence-electron chi connectivity index (χ4n) is 2.53. The van der Waals surface area contributed by atoms with Gasteiger partial charge in [-0.1, -0.05) is 6.92 Å². The van der Waals surface area contributed by atoms with Gasteiger partial charge in [0.05, 0.1) is 13.2 Å². The van der Waals surface area contributed by atoms with Gasteiger partial charge >= 0.3 is 5.97 Å². The Morgan fingerprint density at radius 1 is 1.41 bits per heavy atom. The number of rotatable bonds is 3. The highest BCUT2D eigenvalue weighted by atomic mass is 16.5. The Labute approximate surface area is 103 Å². The van der Waals surface area contributed by atoms with Crippen LogP contribution in [0.3, 0.4) is 0 Å². The topological polar surface area (TPSA) is 61.6 Å². The summed E-state index contributed by atoms with van der Waals surface area (Å²) in [5, 5.41) is 0. The van der Waals surface area contributed by atoms with Crippen molar-refractivity contribution < 1.29 is 14.3 Å². The highest BCUT2D eigenvalue weighted by Crippen LogP contribution is 2.31. The summed E-state index contributed by atoms with van der Waals surface area (Å²) in [6.45, 7) is 4.17. The summed E-state index contributed by atoms with van der Waals surface area (Å²) in [6.07, 6.45) is 4.56. The second-order valence-electron chi connectivity index (χ2n) is 5.67. The third kappa shape index (κ3) is 3.19. The van der Waals surface area contributed by atoms with Crippen molar-refractivity contribution >= 4 is 5.97 Å². The monoisotopic (exact) mass is 241 g/mol. The molecule has 0 radical (unpaired) electrons. The summed E-state index contributed by atoms with van der Waals surface area (Å²) in [5.74, 6) is 0.837. The van der Waals surface area contributed by atoms with Gasteiger partial charge in [-0.2, -0.15) is 0 Å². The molecule has 0 aromatic rings. The van der Waals surface area contributed by atoms with Crippen LogP contribution in [0.4, 0.5) is 0 Å². The molecule has 2 aliphatic rings. The Balaban J connectivity index is 1.78. The van der Waals surface area contributed by atoms with E-state index in [0.29, 0.717) is 25.0 Å². The number of hydrogen-bond donors (Lipinski definition) is 1. The molecule has 1 aliphatic heterocycles. The standard InChI is InChI=1S/C13H23NO3/c1-10-2-5-13(14,6-3-10)12(15)17-9-11-4-7-16-8-11/h10-11H,2-9,14H2,1H3. The van der Waals surface area contributed by atoms with Gasteiger partial charge in [0.1, 0.15) is 5.54 Å². The van der Waals surface area contributed by atoms with Gasteiger partial charge in [0, 0.05) is 12.5 Å². The van der Waals surface area contributed by atoms with Gasteiger partial charge in [-0.3, -0.25) is 4.79 Å². The summed E-state index contributed by atoms with van der Waals surface area (Å²) >= 11 is 0. The van der Waals surface area contributed by atoms with Gasteiger partial charge in [-0.05, 0) is 38.0 Å². The lowest BCUT2D eigenvalue weighted by Gasteiger charge is -2.33. The molecule has 98 valence electrons. The number of carbonyl (C=O) groups excluding carboxylic acids is 1. The zero-order valence-electron chi connectivity index (χ0n) is 10.6. The highest BCUT2D eigenvalue weighted by Gasteiger charge is 2.39. The minimum Gasteiger partial charge on any atom is -0.464 e. The second kappa shape index (κ2) is 5.36. The SMILES string of the molecule is CC1CCC(N)(C(=O)OCC2CCOC2)CC1. The average molecular weight is 241 g/mol. The summed E-state index contributed by atoms with van der Waals surface area (Å²) < 4.78 is 10.6. The van der Waals surface area contributed by atoms with E-state index in [-0.39, 0.29) is 5.97 Å². The van der Waals surface area contributed by atoms with Crippen LogP contribution in [-0.2, 0) is 14.3 Å². The first-order chi connectivity index (χ1) is 8.10. The number of carbonyl (C=O) groups is 1. The van der Waals surface area contributed by atoms with E-state index in [1.165, 1.54) is 0 Å². The van der Waals surface area contributed by atoms with Crippen molar-refractivity contribution in [3.05, 3.63) is 0 Å². The van der Waals surface area contributed by atoms with Crippen LogP contribution in [0.1, 0.15) is 39.0 Å². The van der Waals surface area contributed by atoms with E-state index in [1.807, 2.05) is 0 Å². The first-order valence-corrected chi connectivity index (χ1v) is 6.64. The predicted molar refractivity (Wildman–Crippen MR) is 64.4 cm³/mol.